The van der Waals surface area contributed by atoms with Crippen molar-refractivity contribution in [2.24, 2.45) is 16.9 Å². The van der Waals surface area contributed by atoms with Gasteiger partial charge in [-0.3, -0.25) is 0 Å². The molecule has 0 amide bonds. The van der Waals surface area contributed by atoms with Crippen molar-refractivity contribution in [3.05, 3.63) is 76.1 Å². The first-order chi connectivity index (χ1) is 15.1. The van der Waals surface area contributed by atoms with Crippen LogP contribution in [0.1, 0.15) is 43.2 Å². The fourth-order valence-electron chi connectivity index (χ4n) is 4.68. The first kappa shape index (κ1) is 21.1. The average Bonchev–Trinajstić information content (AvgIpc) is 2.81. The Kier molecular flexibility index (Phi) is 6.37. The van der Waals surface area contributed by atoms with Gasteiger partial charge in [-0.1, -0.05) is 48.9 Å². The lowest BCUT2D eigenvalue weighted by Crippen LogP contribution is -2.40. The third-order valence-electron chi connectivity index (χ3n) is 6.34. The number of hydrazone groups is 1. The second-order valence-electron chi connectivity index (χ2n) is 8.27. The highest BCUT2D eigenvalue weighted by atomic mass is 16.4. The molecule has 0 unspecified atom stereocenters. The molecule has 4 rings (SSSR count). The van der Waals surface area contributed by atoms with Gasteiger partial charge in [0.15, 0.2) is 0 Å². The lowest BCUT2D eigenvalue weighted by atomic mass is 9.78. The number of fused-ring (bicyclic) bond motifs is 1. The summed E-state index contributed by atoms with van der Waals surface area (Å²) in [7, 11) is 0. The largest absolute Gasteiger partial charge is 0.507 e. The van der Waals surface area contributed by atoms with E-state index in [9.17, 15) is 9.90 Å². The zero-order chi connectivity index (χ0) is 21.8. The summed E-state index contributed by atoms with van der Waals surface area (Å²) in [6.07, 6.45) is 3.55. The van der Waals surface area contributed by atoms with Crippen LogP contribution in [-0.4, -0.2) is 35.4 Å². The van der Waals surface area contributed by atoms with Gasteiger partial charge < -0.3 is 20.3 Å². The molecule has 2 atom stereocenters. The van der Waals surface area contributed by atoms with Gasteiger partial charge in [0.2, 0.25) is 0 Å². The SMILES string of the molecule is C/C(=N/N)[C@@H](CN1CCCCC1)[C@@H](c1ccccc1)c1c(O)c2ccccc2oc1=O. The third-order valence-corrected chi connectivity index (χ3v) is 6.34. The molecule has 0 radical (unpaired) electrons. The summed E-state index contributed by atoms with van der Waals surface area (Å²) < 4.78 is 5.63. The highest BCUT2D eigenvalue weighted by molar-refractivity contribution is 5.88. The van der Waals surface area contributed by atoms with Crippen LogP contribution in [0, 0.1) is 5.92 Å². The molecule has 1 aliphatic heterocycles. The van der Waals surface area contributed by atoms with Gasteiger partial charge in [0.05, 0.1) is 10.9 Å². The van der Waals surface area contributed by atoms with E-state index >= 15 is 0 Å². The predicted molar refractivity (Wildman–Crippen MR) is 124 cm³/mol. The lowest BCUT2D eigenvalue weighted by Gasteiger charge is -2.34. The van der Waals surface area contributed by atoms with E-state index in [1.54, 1.807) is 18.2 Å². The molecule has 3 aromatic rings. The Hall–Kier alpha value is -3.12. The number of para-hydroxylation sites is 1. The Morgan fingerprint density at radius 2 is 1.77 bits per heavy atom. The Labute approximate surface area is 182 Å². The second-order valence-corrected chi connectivity index (χ2v) is 8.27. The zero-order valence-electron chi connectivity index (χ0n) is 17.8. The Balaban J connectivity index is 1.90. The van der Waals surface area contributed by atoms with Gasteiger partial charge in [-0.2, -0.15) is 5.10 Å². The summed E-state index contributed by atoms with van der Waals surface area (Å²) in [5.74, 6) is 5.10. The van der Waals surface area contributed by atoms with Crippen molar-refractivity contribution < 1.29 is 9.52 Å². The maximum Gasteiger partial charge on any atom is 0.343 e. The van der Waals surface area contributed by atoms with Crippen LogP contribution in [0.3, 0.4) is 0 Å². The fourth-order valence-corrected chi connectivity index (χ4v) is 4.68. The number of rotatable bonds is 6. The van der Waals surface area contributed by atoms with Gasteiger partial charge in [-0.05, 0) is 50.6 Å². The molecular weight excluding hydrogens is 390 g/mol. The van der Waals surface area contributed by atoms with E-state index in [1.165, 1.54) is 6.42 Å². The number of piperidine rings is 1. The van der Waals surface area contributed by atoms with Crippen molar-refractivity contribution in [1.29, 1.82) is 0 Å². The molecule has 0 spiro atoms. The summed E-state index contributed by atoms with van der Waals surface area (Å²) in [4.78, 5) is 15.6. The van der Waals surface area contributed by atoms with Crippen LogP contribution in [0.15, 0.2) is 68.9 Å². The topological polar surface area (TPSA) is 92.1 Å². The summed E-state index contributed by atoms with van der Waals surface area (Å²) >= 11 is 0. The molecule has 1 fully saturated rings. The molecule has 1 saturated heterocycles. The first-order valence-electron chi connectivity index (χ1n) is 10.9. The molecule has 0 bridgehead atoms. The van der Waals surface area contributed by atoms with Crippen LogP contribution in [0.25, 0.3) is 11.0 Å². The van der Waals surface area contributed by atoms with Gasteiger partial charge in [0, 0.05) is 24.1 Å². The zero-order valence-corrected chi connectivity index (χ0v) is 17.8. The molecule has 1 aliphatic rings. The minimum absolute atomic E-state index is 0.0332. The number of likely N-dealkylation sites (tertiary alicyclic amines) is 1. The lowest BCUT2D eigenvalue weighted by molar-refractivity contribution is 0.207. The van der Waals surface area contributed by atoms with Crippen LogP contribution in [0.2, 0.25) is 0 Å². The van der Waals surface area contributed by atoms with Crippen molar-refractivity contribution in [1.82, 2.24) is 4.90 Å². The van der Waals surface area contributed by atoms with Crippen LogP contribution >= 0.6 is 0 Å². The van der Waals surface area contributed by atoms with E-state index in [4.69, 9.17) is 10.3 Å². The summed E-state index contributed by atoms with van der Waals surface area (Å²) in [5.41, 5.74) is 1.77. The normalized spacial score (nSPS) is 17.5. The van der Waals surface area contributed by atoms with Gasteiger partial charge in [-0.15, -0.1) is 0 Å². The number of hydrogen-bond acceptors (Lipinski definition) is 6. The Bertz CT molecular complexity index is 1120. The van der Waals surface area contributed by atoms with E-state index in [1.807, 2.05) is 43.3 Å². The average molecular weight is 420 g/mol. The van der Waals surface area contributed by atoms with Crippen molar-refractivity contribution in [2.45, 2.75) is 32.1 Å². The predicted octanol–water partition coefficient (Wildman–Crippen LogP) is 4.07. The fraction of sp³-hybridized carbons (Fsp3) is 0.360. The van der Waals surface area contributed by atoms with Gasteiger partial charge in [-0.25, -0.2) is 4.79 Å². The first-order valence-corrected chi connectivity index (χ1v) is 10.9. The molecule has 6 heteroatoms. The molecule has 1 aromatic heterocycles. The van der Waals surface area contributed by atoms with Gasteiger partial charge in [0.25, 0.3) is 0 Å². The van der Waals surface area contributed by atoms with E-state index in [-0.39, 0.29) is 17.2 Å². The number of aromatic hydroxyl groups is 1. The van der Waals surface area contributed by atoms with Crippen molar-refractivity contribution in [3.63, 3.8) is 0 Å². The molecule has 0 saturated carbocycles. The Morgan fingerprint density at radius 3 is 2.48 bits per heavy atom. The number of nitrogens with zero attached hydrogens (tertiary/aromatic N) is 2. The van der Waals surface area contributed by atoms with E-state index < -0.39 is 11.5 Å². The second kappa shape index (κ2) is 9.35. The monoisotopic (exact) mass is 419 g/mol. The molecule has 2 heterocycles. The highest BCUT2D eigenvalue weighted by Gasteiger charge is 2.34. The minimum atomic E-state index is -0.529. The van der Waals surface area contributed by atoms with Gasteiger partial charge in [0.1, 0.15) is 11.3 Å². The molecular formula is C25H29N3O3. The molecule has 31 heavy (non-hydrogen) atoms. The standard InChI is InChI=1S/C25H29N3O3/c1-17(27-26)20(16-28-14-8-3-9-15-28)22(18-10-4-2-5-11-18)23-24(29)19-12-6-7-13-21(19)31-25(23)30/h2,4-7,10-13,20,22,29H,3,8-9,14-16,26H2,1H3/b27-17-/t20-,22-/m1/s1. The highest BCUT2D eigenvalue weighted by Crippen LogP contribution is 2.39. The van der Waals surface area contributed by atoms with Crippen LogP contribution < -0.4 is 11.5 Å². The van der Waals surface area contributed by atoms with Gasteiger partial charge >= 0.3 is 5.63 Å². The molecule has 162 valence electrons. The van der Waals surface area contributed by atoms with E-state index in [0.717, 1.165) is 37.2 Å². The third kappa shape index (κ3) is 4.35. The smallest absolute Gasteiger partial charge is 0.343 e. The quantitative estimate of drug-likeness (QED) is 0.272. The van der Waals surface area contributed by atoms with Crippen LogP contribution in [-0.2, 0) is 0 Å². The molecule has 3 N–H and O–H groups in total. The van der Waals surface area contributed by atoms with Crippen LogP contribution in [0.5, 0.6) is 5.75 Å². The van der Waals surface area contributed by atoms with Crippen molar-refractivity contribution in [2.75, 3.05) is 19.6 Å². The van der Waals surface area contributed by atoms with Crippen molar-refractivity contribution in [3.8, 4) is 5.75 Å². The number of hydrogen-bond donors (Lipinski definition) is 2. The van der Waals surface area contributed by atoms with E-state index in [2.05, 4.69) is 10.0 Å². The molecule has 6 nitrogen and oxygen atoms in total. The maximum atomic E-state index is 13.2. The van der Waals surface area contributed by atoms with Crippen molar-refractivity contribution >= 4 is 16.7 Å². The number of nitrogens with two attached hydrogens (primary N) is 1. The Morgan fingerprint density at radius 1 is 1.10 bits per heavy atom. The van der Waals surface area contributed by atoms with E-state index in [0.29, 0.717) is 17.5 Å². The maximum absolute atomic E-state index is 13.2. The summed E-state index contributed by atoms with van der Waals surface area (Å²) in [6.45, 7) is 4.62. The molecule has 0 aliphatic carbocycles. The molecule has 2 aromatic carbocycles. The summed E-state index contributed by atoms with van der Waals surface area (Å²) in [5, 5.41) is 15.8. The number of benzene rings is 2. The summed E-state index contributed by atoms with van der Waals surface area (Å²) in [6, 6.07) is 16.8. The van der Waals surface area contributed by atoms with Crippen LogP contribution in [0.4, 0.5) is 0 Å². The minimum Gasteiger partial charge on any atom is -0.507 e.